The maximum Gasteiger partial charge on any atom is 0.132 e. The summed E-state index contributed by atoms with van der Waals surface area (Å²) in [6.07, 6.45) is 1.98. The molecule has 0 radical (unpaired) electrons. The van der Waals surface area contributed by atoms with Gasteiger partial charge in [0.15, 0.2) is 0 Å². The Kier molecular flexibility index (Phi) is 2.80. The van der Waals surface area contributed by atoms with E-state index in [1.807, 2.05) is 6.20 Å². The summed E-state index contributed by atoms with van der Waals surface area (Å²) in [5, 5.41) is 7.71. The van der Waals surface area contributed by atoms with Crippen LogP contribution >= 0.6 is 23.1 Å². The van der Waals surface area contributed by atoms with Gasteiger partial charge in [-0.1, -0.05) is 13.8 Å². The molecule has 0 fully saturated rings. The summed E-state index contributed by atoms with van der Waals surface area (Å²) in [6.45, 7) is 4.26. The summed E-state index contributed by atoms with van der Waals surface area (Å²) >= 11 is 3.47. The second-order valence-corrected chi connectivity index (χ2v) is 6.17. The van der Waals surface area contributed by atoms with Crippen LogP contribution in [0.4, 0.5) is 0 Å². The topological polar surface area (TPSA) is 37.8 Å². The number of thioether (sulfide) groups is 1. The highest BCUT2D eigenvalue weighted by atomic mass is 32.2. The van der Waals surface area contributed by atoms with Crippen LogP contribution in [0.2, 0.25) is 0 Å². The van der Waals surface area contributed by atoms with Crippen LogP contribution in [-0.4, -0.2) is 9.97 Å². The Morgan fingerprint density at radius 3 is 2.94 bits per heavy atom. The number of hydrogen-bond acceptors (Lipinski definition) is 5. The van der Waals surface area contributed by atoms with Gasteiger partial charge < -0.3 is 5.32 Å². The average molecular weight is 263 g/mol. The molecule has 0 saturated carbocycles. The van der Waals surface area contributed by atoms with Crippen LogP contribution in [0.25, 0.3) is 10.2 Å². The predicted molar refractivity (Wildman–Crippen MR) is 74.1 cm³/mol. The van der Waals surface area contributed by atoms with E-state index in [1.165, 1.54) is 4.70 Å². The van der Waals surface area contributed by atoms with Gasteiger partial charge in [0.05, 0.1) is 15.9 Å². The summed E-state index contributed by atoms with van der Waals surface area (Å²) in [6, 6.07) is 2.07. The van der Waals surface area contributed by atoms with E-state index in [1.54, 1.807) is 23.1 Å². The van der Waals surface area contributed by atoms with Crippen LogP contribution in [-0.2, 0) is 0 Å². The van der Waals surface area contributed by atoms with E-state index in [2.05, 4.69) is 41.0 Å². The Labute approximate surface area is 108 Å². The van der Waals surface area contributed by atoms with Crippen molar-refractivity contribution < 1.29 is 0 Å². The quantitative estimate of drug-likeness (QED) is 0.898. The van der Waals surface area contributed by atoms with Crippen LogP contribution in [0.15, 0.2) is 23.1 Å². The average Bonchev–Trinajstić information content (AvgIpc) is 2.98. The highest BCUT2D eigenvalue weighted by Crippen LogP contribution is 2.36. The van der Waals surface area contributed by atoms with Crippen LogP contribution < -0.4 is 5.32 Å². The fourth-order valence-corrected chi connectivity index (χ4v) is 3.47. The molecule has 0 saturated heterocycles. The van der Waals surface area contributed by atoms with Crippen molar-refractivity contribution in [1.29, 1.82) is 0 Å². The molecule has 0 aliphatic carbocycles. The second-order valence-electron chi connectivity index (χ2n) is 4.24. The molecule has 1 N–H and O–H groups in total. The van der Waals surface area contributed by atoms with E-state index in [-0.39, 0.29) is 5.37 Å². The third kappa shape index (κ3) is 1.93. The molecule has 3 rings (SSSR count). The number of rotatable bonds is 2. The lowest BCUT2D eigenvalue weighted by molar-refractivity contribution is 0.750. The van der Waals surface area contributed by atoms with Gasteiger partial charge in [-0.3, -0.25) is 0 Å². The summed E-state index contributed by atoms with van der Waals surface area (Å²) in [5.74, 6) is 1.29. The third-order valence-corrected chi connectivity index (χ3v) is 4.49. The second kappa shape index (κ2) is 4.31. The minimum Gasteiger partial charge on any atom is -0.374 e. The van der Waals surface area contributed by atoms with Gasteiger partial charge in [-0.2, -0.15) is 0 Å². The highest BCUT2D eigenvalue weighted by molar-refractivity contribution is 8.02. The van der Waals surface area contributed by atoms with Crippen molar-refractivity contribution in [3.63, 3.8) is 0 Å². The van der Waals surface area contributed by atoms with E-state index >= 15 is 0 Å². The summed E-state index contributed by atoms with van der Waals surface area (Å²) < 4.78 is 1.20. The molecule has 1 atom stereocenters. The molecule has 1 aliphatic rings. The Balaban J connectivity index is 2.16. The van der Waals surface area contributed by atoms with Gasteiger partial charge in [0.25, 0.3) is 0 Å². The molecule has 3 nitrogen and oxygen atoms in total. The van der Waals surface area contributed by atoms with Crippen molar-refractivity contribution >= 4 is 33.3 Å². The normalized spacial score (nSPS) is 19.1. The largest absolute Gasteiger partial charge is 0.374 e. The number of hydrogen-bond donors (Lipinski definition) is 1. The lowest BCUT2D eigenvalue weighted by Crippen LogP contribution is -2.11. The number of aromatic nitrogens is 2. The molecule has 1 unspecified atom stereocenters. The molecule has 1 aliphatic heterocycles. The van der Waals surface area contributed by atoms with Gasteiger partial charge >= 0.3 is 0 Å². The summed E-state index contributed by atoms with van der Waals surface area (Å²) in [5.41, 5.74) is 2.18. The summed E-state index contributed by atoms with van der Waals surface area (Å²) in [7, 11) is 0. The van der Waals surface area contributed by atoms with Gasteiger partial charge in [-0.25, -0.2) is 9.97 Å². The molecule has 0 amide bonds. The van der Waals surface area contributed by atoms with Crippen molar-refractivity contribution in [2.24, 2.45) is 0 Å². The highest BCUT2D eigenvalue weighted by Gasteiger charge is 2.20. The number of nitrogens with one attached hydrogen (secondary N) is 1. The molecule has 88 valence electrons. The Bertz CT molecular complexity index is 566. The van der Waals surface area contributed by atoms with E-state index in [9.17, 15) is 0 Å². The van der Waals surface area contributed by atoms with Gasteiger partial charge in [-0.15, -0.1) is 23.1 Å². The van der Waals surface area contributed by atoms with E-state index < -0.39 is 0 Å². The molecule has 0 spiro atoms. The van der Waals surface area contributed by atoms with Gasteiger partial charge in [-0.05, 0) is 16.9 Å². The number of thiophene rings is 1. The van der Waals surface area contributed by atoms with Crippen molar-refractivity contribution in [1.82, 2.24) is 15.3 Å². The molecule has 0 bridgehead atoms. The first-order valence-corrected chi connectivity index (χ1v) is 7.39. The zero-order valence-corrected chi connectivity index (χ0v) is 11.3. The standard InChI is InChI=1S/C12H13N3S2/c1-7(2)11-14-8-3-5-16-10(8)9(15-11)12-13-4-6-17-12/h3-7,12-13H,1-2H3. The zero-order chi connectivity index (χ0) is 11.8. The maximum absolute atomic E-state index is 4.73. The van der Waals surface area contributed by atoms with Gasteiger partial charge in [0.1, 0.15) is 11.2 Å². The first kappa shape index (κ1) is 11.0. The minimum absolute atomic E-state index is 0.233. The predicted octanol–water partition coefficient (Wildman–Crippen LogP) is 3.62. The Morgan fingerprint density at radius 2 is 2.24 bits per heavy atom. The molecular formula is C12H13N3S2. The minimum atomic E-state index is 0.233. The molecule has 0 aromatic carbocycles. The van der Waals surface area contributed by atoms with Crippen LogP contribution in [0.3, 0.4) is 0 Å². The van der Waals surface area contributed by atoms with E-state index in [0.717, 1.165) is 17.0 Å². The Hall–Kier alpha value is -1.07. The summed E-state index contributed by atoms with van der Waals surface area (Å²) in [4.78, 5) is 9.34. The van der Waals surface area contributed by atoms with Crippen molar-refractivity contribution in [2.45, 2.75) is 25.1 Å². The van der Waals surface area contributed by atoms with Gasteiger partial charge in [0, 0.05) is 12.1 Å². The fraction of sp³-hybridized carbons (Fsp3) is 0.333. The fourth-order valence-electron chi connectivity index (χ4n) is 1.77. The molecular weight excluding hydrogens is 250 g/mol. The molecule has 3 heterocycles. The van der Waals surface area contributed by atoms with Crippen molar-refractivity contribution in [3.05, 3.63) is 34.6 Å². The van der Waals surface area contributed by atoms with Crippen LogP contribution in [0.5, 0.6) is 0 Å². The lowest BCUT2D eigenvalue weighted by atomic mass is 10.2. The SMILES string of the molecule is CC(C)c1nc(C2NC=CS2)c2sccc2n1. The smallest absolute Gasteiger partial charge is 0.132 e. The Morgan fingerprint density at radius 1 is 1.35 bits per heavy atom. The van der Waals surface area contributed by atoms with Crippen molar-refractivity contribution in [3.8, 4) is 0 Å². The zero-order valence-electron chi connectivity index (χ0n) is 9.68. The lowest BCUT2D eigenvalue weighted by Gasteiger charge is -2.13. The number of nitrogens with zero attached hydrogens (tertiary/aromatic N) is 2. The first-order chi connectivity index (χ1) is 8.25. The van der Waals surface area contributed by atoms with E-state index in [0.29, 0.717) is 5.92 Å². The maximum atomic E-state index is 4.73. The van der Waals surface area contributed by atoms with E-state index in [4.69, 9.17) is 4.98 Å². The molecule has 2 aromatic rings. The van der Waals surface area contributed by atoms with Crippen molar-refractivity contribution in [2.75, 3.05) is 0 Å². The van der Waals surface area contributed by atoms with Crippen LogP contribution in [0.1, 0.15) is 36.7 Å². The monoisotopic (exact) mass is 263 g/mol. The molecule has 17 heavy (non-hydrogen) atoms. The number of fused-ring (bicyclic) bond motifs is 1. The van der Waals surface area contributed by atoms with Gasteiger partial charge in [0.2, 0.25) is 0 Å². The first-order valence-electron chi connectivity index (χ1n) is 5.57. The molecule has 5 heteroatoms. The van der Waals surface area contributed by atoms with Crippen LogP contribution in [0, 0.1) is 0 Å². The third-order valence-electron chi connectivity index (χ3n) is 2.64. The molecule has 2 aromatic heterocycles.